The van der Waals surface area contributed by atoms with E-state index in [1.54, 1.807) is 0 Å². The van der Waals surface area contributed by atoms with E-state index in [9.17, 15) is 0 Å². The standard InChI is InChI=1S/C19H16Br2/c1-12-10-18(20)13(2)9-17(12)19(21)16-8-7-14-5-3-4-6-15(14)11-16/h3-11,19H,1-2H3. The van der Waals surface area contributed by atoms with Crippen molar-refractivity contribution in [3.8, 4) is 0 Å². The molecule has 0 aliphatic heterocycles. The van der Waals surface area contributed by atoms with Gasteiger partial charge in [0, 0.05) is 4.47 Å². The number of halogens is 2. The first-order valence-electron chi connectivity index (χ1n) is 6.95. The number of hydrogen-bond acceptors (Lipinski definition) is 0. The predicted octanol–water partition coefficient (Wildman–Crippen LogP) is 6.70. The molecule has 0 bridgehead atoms. The summed E-state index contributed by atoms with van der Waals surface area (Å²) < 4.78 is 1.17. The Hall–Kier alpha value is -1.12. The van der Waals surface area contributed by atoms with Gasteiger partial charge in [0.1, 0.15) is 0 Å². The Morgan fingerprint density at radius 1 is 0.810 bits per heavy atom. The first kappa shape index (κ1) is 14.8. The maximum Gasteiger partial charge on any atom is 0.0647 e. The quantitative estimate of drug-likeness (QED) is 0.417. The van der Waals surface area contributed by atoms with Crippen LogP contribution in [0.25, 0.3) is 10.8 Å². The van der Waals surface area contributed by atoms with Crippen LogP contribution in [0.4, 0.5) is 0 Å². The lowest BCUT2D eigenvalue weighted by Gasteiger charge is -2.16. The average Bonchev–Trinajstić information content (AvgIpc) is 2.50. The number of rotatable bonds is 2. The van der Waals surface area contributed by atoms with Crippen LogP contribution in [0, 0.1) is 13.8 Å². The number of hydrogen-bond donors (Lipinski definition) is 0. The van der Waals surface area contributed by atoms with E-state index < -0.39 is 0 Å². The van der Waals surface area contributed by atoms with Crippen LogP contribution in [-0.2, 0) is 0 Å². The zero-order valence-electron chi connectivity index (χ0n) is 12.0. The van der Waals surface area contributed by atoms with Gasteiger partial charge in [-0.1, -0.05) is 74.3 Å². The van der Waals surface area contributed by atoms with Crippen molar-refractivity contribution in [2.24, 2.45) is 0 Å². The highest BCUT2D eigenvalue weighted by atomic mass is 79.9. The minimum absolute atomic E-state index is 0.217. The van der Waals surface area contributed by atoms with Gasteiger partial charge in [-0.25, -0.2) is 0 Å². The molecule has 2 heteroatoms. The Kier molecular flexibility index (Phi) is 4.19. The molecule has 0 fully saturated rings. The summed E-state index contributed by atoms with van der Waals surface area (Å²) in [7, 11) is 0. The largest absolute Gasteiger partial charge is 0.0786 e. The van der Waals surface area contributed by atoms with Crippen molar-refractivity contribution in [2.75, 3.05) is 0 Å². The van der Waals surface area contributed by atoms with Crippen molar-refractivity contribution >= 4 is 42.6 Å². The molecule has 3 aromatic rings. The van der Waals surface area contributed by atoms with E-state index in [0.717, 1.165) is 0 Å². The number of benzene rings is 3. The lowest BCUT2D eigenvalue weighted by atomic mass is 9.97. The average molecular weight is 404 g/mol. The van der Waals surface area contributed by atoms with Crippen LogP contribution >= 0.6 is 31.9 Å². The van der Waals surface area contributed by atoms with Gasteiger partial charge in [-0.3, -0.25) is 0 Å². The Bertz CT molecular complexity index is 806. The second-order valence-electron chi connectivity index (χ2n) is 5.43. The monoisotopic (exact) mass is 402 g/mol. The van der Waals surface area contributed by atoms with Gasteiger partial charge in [0.05, 0.1) is 4.83 Å². The molecule has 0 spiro atoms. The topological polar surface area (TPSA) is 0 Å². The second kappa shape index (κ2) is 5.94. The lowest BCUT2D eigenvalue weighted by molar-refractivity contribution is 1.13. The maximum absolute atomic E-state index is 3.87. The fourth-order valence-corrected chi connectivity index (χ4v) is 3.86. The van der Waals surface area contributed by atoms with Gasteiger partial charge in [0.15, 0.2) is 0 Å². The summed E-state index contributed by atoms with van der Waals surface area (Å²) >= 11 is 7.48. The van der Waals surface area contributed by atoms with Crippen LogP contribution in [0.2, 0.25) is 0 Å². The van der Waals surface area contributed by atoms with Crippen LogP contribution in [0.1, 0.15) is 27.1 Å². The summed E-state index contributed by atoms with van der Waals surface area (Å²) in [4.78, 5) is 0.217. The molecule has 0 nitrogen and oxygen atoms in total. The van der Waals surface area contributed by atoms with E-state index >= 15 is 0 Å². The number of aryl methyl sites for hydroxylation is 2. The van der Waals surface area contributed by atoms with Gasteiger partial charge in [0.2, 0.25) is 0 Å². The fourth-order valence-electron chi connectivity index (χ4n) is 2.62. The molecule has 0 radical (unpaired) electrons. The van der Waals surface area contributed by atoms with Crippen LogP contribution < -0.4 is 0 Å². The van der Waals surface area contributed by atoms with Crippen LogP contribution in [0.5, 0.6) is 0 Å². The summed E-state index contributed by atoms with van der Waals surface area (Å²) in [6.45, 7) is 4.29. The summed E-state index contributed by atoms with van der Waals surface area (Å²) in [5, 5.41) is 2.57. The summed E-state index contributed by atoms with van der Waals surface area (Å²) in [6, 6.07) is 19.6. The molecule has 0 saturated carbocycles. The minimum Gasteiger partial charge on any atom is -0.0786 e. The minimum atomic E-state index is 0.217. The molecule has 0 N–H and O–H groups in total. The summed E-state index contributed by atoms with van der Waals surface area (Å²) in [5.41, 5.74) is 5.17. The Balaban J connectivity index is 2.07. The molecule has 0 heterocycles. The first-order chi connectivity index (χ1) is 10.1. The van der Waals surface area contributed by atoms with Gasteiger partial charge < -0.3 is 0 Å². The van der Waals surface area contributed by atoms with E-state index in [1.807, 2.05) is 0 Å². The Morgan fingerprint density at radius 3 is 2.29 bits per heavy atom. The molecule has 106 valence electrons. The van der Waals surface area contributed by atoms with Gasteiger partial charge >= 0.3 is 0 Å². The lowest BCUT2D eigenvalue weighted by Crippen LogP contribution is -1.97. The van der Waals surface area contributed by atoms with E-state index in [2.05, 4.69) is 100 Å². The van der Waals surface area contributed by atoms with Crippen molar-refractivity contribution in [2.45, 2.75) is 18.7 Å². The Morgan fingerprint density at radius 2 is 1.52 bits per heavy atom. The molecule has 0 aromatic heterocycles. The van der Waals surface area contributed by atoms with E-state index in [0.29, 0.717) is 0 Å². The van der Waals surface area contributed by atoms with Gasteiger partial charge in [-0.15, -0.1) is 0 Å². The predicted molar refractivity (Wildman–Crippen MR) is 98.3 cm³/mol. The molecular formula is C19H16Br2. The van der Waals surface area contributed by atoms with Gasteiger partial charge in [-0.05, 0) is 59.0 Å². The van der Waals surface area contributed by atoms with E-state index in [-0.39, 0.29) is 4.83 Å². The van der Waals surface area contributed by atoms with Crippen LogP contribution in [-0.4, -0.2) is 0 Å². The first-order valence-corrected chi connectivity index (χ1v) is 8.66. The van der Waals surface area contributed by atoms with Gasteiger partial charge in [-0.2, -0.15) is 0 Å². The normalized spacial score (nSPS) is 12.6. The third-order valence-corrected chi connectivity index (χ3v) is 5.76. The number of fused-ring (bicyclic) bond motifs is 1. The van der Waals surface area contributed by atoms with Crippen molar-refractivity contribution in [3.63, 3.8) is 0 Å². The highest BCUT2D eigenvalue weighted by molar-refractivity contribution is 9.10. The molecule has 3 aromatic carbocycles. The van der Waals surface area contributed by atoms with E-state index in [1.165, 1.54) is 37.5 Å². The highest BCUT2D eigenvalue weighted by Gasteiger charge is 2.14. The van der Waals surface area contributed by atoms with Gasteiger partial charge in [0.25, 0.3) is 0 Å². The van der Waals surface area contributed by atoms with Crippen molar-refractivity contribution in [1.29, 1.82) is 0 Å². The van der Waals surface area contributed by atoms with Crippen molar-refractivity contribution in [3.05, 3.63) is 81.3 Å². The third-order valence-electron chi connectivity index (χ3n) is 3.89. The zero-order chi connectivity index (χ0) is 15.0. The van der Waals surface area contributed by atoms with Crippen molar-refractivity contribution in [1.82, 2.24) is 0 Å². The molecule has 0 amide bonds. The molecule has 21 heavy (non-hydrogen) atoms. The molecule has 1 atom stereocenters. The molecule has 0 aliphatic rings. The van der Waals surface area contributed by atoms with Crippen LogP contribution in [0.15, 0.2) is 59.1 Å². The molecule has 0 aliphatic carbocycles. The molecule has 0 saturated heterocycles. The van der Waals surface area contributed by atoms with Crippen LogP contribution in [0.3, 0.4) is 0 Å². The van der Waals surface area contributed by atoms with Crippen molar-refractivity contribution < 1.29 is 0 Å². The molecular weight excluding hydrogens is 388 g/mol. The third kappa shape index (κ3) is 2.93. The SMILES string of the molecule is Cc1cc(C(Br)c2ccc3ccccc3c2)c(C)cc1Br. The zero-order valence-corrected chi connectivity index (χ0v) is 15.2. The van der Waals surface area contributed by atoms with E-state index in [4.69, 9.17) is 0 Å². The second-order valence-corrected chi connectivity index (χ2v) is 7.20. The molecule has 3 rings (SSSR count). The number of alkyl halides is 1. The smallest absolute Gasteiger partial charge is 0.0647 e. The fraction of sp³-hybridized carbons (Fsp3) is 0.158. The Labute approximate surface area is 142 Å². The summed E-state index contributed by atoms with van der Waals surface area (Å²) in [5.74, 6) is 0. The highest BCUT2D eigenvalue weighted by Crippen LogP contribution is 2.36. The molecule has 1 unspecified atom stereocenters. The summed E-state index contributed by atoms with van der Waals surface area (Å²) in [6.07, 6.45) is 0. The maximum atomic E-state index is 3.87.